The molecule has 0 N–H and O–H groups in total. The van der Waals surface area contributed by atoms with Crippen molar-refractivity contribution >= 4 is 27.8 Å². The first-order valence-corrected chi connectivity index (χ1v) is 20.9. The molecular weight excluding hydrogens is 711 g/mol. The topological polar surface area (TPSA) is 3.24 Å². The number of nitrogens with zero attached hydrogens (tertiary/aromatic N) is 1. The van der Waals surface area contributed by atoms with Gasteiger partial charge >= 0.3 is 0 Å². The van der Waals surface area contributed by atoms with Gasteiger partial charge in [0.1, 0.15) is 0 Å². The molecular formula is C58H45N. The van der Waals surface area contributed by atoms with Crippen LogP contribution in [0.15, 0.2) is 200 Å². The van der Waals surface area contributed by atoms with Crippen LogP contribution < -0.4 is 4.90 Å². The fourth-order valence-electron chi connectivity index (χ4n) is 10.4. The molecule has 0 fully saturated rings. The second kappa shape index (κ2) is 13.3. The lowest BCUT2D eigenvalue weighted by Gasteiger charge is -2.34. The van der Waals surface area contributed by atoms with E-state index in [-0.39, 0.29) is 10.8 Å². The molecule has 0 spiro atoms. The van der Waals surface area contributed by atoms with Crippen LogP contribution in [0.5, 0.6) is 0 Å². The van der Waals surface area contributed by atoms with E-state index >= 15 is 0 Å². The molecule has 0 heterocycles. The van der Waals surface area contributed by atoms with E-state index in [1.54, 1.807) is 0 Å². The van der Waals surface area contributed by atoms with Gasteiger partial charge in [-0.1, -0.05) is 204 Å². The number of fused-ring (bicyclic) bond motifs is 8. The molecule has 9 aromatic carbocycles. The highest BCUT2D eigenvalue weighted by molar-refractivity contribution is 6.15. The lowest BCUT2D eigenvalue weighted by molar-refractivity contribution is 0.660. The quantitative estimate of drug-likeness (QED) is 0.163. The van der Waals surface area contributed by atoms with Gasteiger partial charge in [-0.3, -0.25) is 0 Å². The zero-order valence-electron chi connectivity index (χ0n) is 34.0. The molecule has 0 unspecified atom stereocenters. The lowest BCUT2D eigenvalue weighted by Crippen LogP contribution is -2.19. The van der Waals surface area contributed by atoms with Crippen LogP contribution in [0.4, 0.5) is 17.1 Å². The summed E-state index contributed by atoms with van der Waals surface area (Å²) >= 11 is 0. The Bertz CT molecular complexity index is 3060. The van der Waals surface area contributed by atoms with Gasteiger partial charge in [-0.05, 0) is 102 Å². The van der Waals surface area contributed by atoms with Gasteiger partial charge in [0, 0.05) is 33.3 Å². The van der Waals surface area contributed by atoms with E-state index in [0.717, 1.165) is 11.4 Å². The van der Waals surface area contributed by atoms with Crippen LogP contribution >= 0.6 is 0 Å². The van der Waals surface area contributed by atoms with Gasteiger partial charge in [-0.25, -0.2) is 0 Å². The van der Waals surface area contributed by atoms with Crippen LogP contribution in [0.25, 0.3) is 66.4 Å². The highest BCUT2D eigenvalue weighted by atomic mass is 15.1. The van der Waals surface area contributed by atoms with Gasteiger partial charge in [-0.2, -0.15) is 0 Å². The molecule has 0 saturated heterocycles. The van der Waals surface area contributed by atoms with Crippen LogP contribution in [0.2, 0.25) is 0 Å². The van der Waals surface area contributed by atoms with Crippen LogP contribution in [0.1, 0.15) is 49.9 Å². The number of benzene rings is 9. The summed E-state index contributed by atoms with van der Waals surface area (Å²) in [4.78, 5) is 2.58. The molecule has 0 atom stereocenters. The SMILES string of the molecule is CC1(C)c2ccccc2-c2ccc(N(c3ccc(-c4ccc(-c5ccccc5)cc4)cc3)c3c4c(c5ccccc5c3-c3ccccc3)C(C)(C)c3ccccc3-4)cc21. The normalized spacial score (nSPS) is 14.0. The van der Waals surface area contributed by atoms with Crippen molar-refractivity contribution in [2.75, 3.05) is 4.90 Å². The van der Waals surface area contributed by atoms with Gasteiger partial charge in [0.25, 0.3) is 0 Å². The van der Waals surface area contributed by atoms with E-state index in [9.17, 15) is 0 Å². The fraction of sp³-hybridized carbons (Fsp3) is 0.103. The predicted molar refractivity (Wildman–Crippen MR) is 250 cm³/mol. The smallest absolute Gasteiger partial charge is 0.0628 e. The summed E-state index contributed by atoms with van der Waals surface area (Å²) in [5.74, 6) is 0. The molecule has 59 heavy (non-hydrogen) atoms. The maximum Gasteiger partial charge on any atom is 0.0628 e. The first-order valence-electron chi connectivity index (χ1n) is 20.9. The van der Waals surface area contributed by atoms with Crippen molar-refractivity contribution in [1.82, 2.24) is 0 Å². The maximum absolute atomic E-state index is 2.58. The molecule has 0 bridgehead atoms. The molecule has 0 amide bonds. The molecule has 0 aliphatic heterocycles. The number of rotatable bonds is 6. The minimum atomic E-state index is -0.210. The Morgan fingerprint density at radius 1 is 0.322 bits per heavy atom. The van der Waals surface area contributed by atoms with Gasteiger partial charge in [0.15, 0.2) is 0 Å². The molecule has 282 valence electrons. The summed E-state index contributed by atoms with van der Waals surface area (Å²) in [6, 6.07) is 74.2. The van der Waals surface area contributed by atoms with E-state index in [0.29, 0.717) is 0 Å². The van der Waals surface area contributed by atoms with Gasteiger partial charge in [0.2, 0.25) is 0 Å². The molecule has 9 aromatic rings. The summed E-state index contributed by atoms with van der Waals surface area (Å²) in [5, 5.41) is 2.58. The van der Waals surface area contributed by atoms with Crippen LogP contribution in [0, 0.1) is 0 Å². The van der Waals surface area contributed by atoms with Gasteiger partial charge in [0.05, 0.1) is 5.69 Å². The van der Waals surface area contributed by atoms with Crippen molar-refractivity contribution in [3.63, 3.8) is 0 Å². The molecule has 1 nitrogen and oxygen atoms in total. The molecule has 2 aliphatic rings. The van der Waals surface area contributed by atoms with Crippen molar-refractivity contribution in [3.05, 3.63) is 222 Å². The Balaban J connectivity index is 1.19. The van der Waals surface area contributed by atoms with E-state index in [1.165, 1.54) is 94.3 Å². The highest BCUT2D eigenvalue weighted by Crippen LogP contribution is 2.60. The Labute approximate surface area is 347 Å². The van der Waals surface area contributed by atoms with E-state index < -0.39 is 0 Å². The summed E-state index contributed by atoms with van der Waals surface area (Å²) < 4.78 is 0. The van der Waals surface area contributed by atoms with Crippen molar-refractivity contribution in [2.24, 2.45) is 0 Å². The van der Waals surface area contributed by atoms with E-state index in [2.05, 4.69) is 233 Å². The molecule has 1 heteroatoms. The molecule has 11 rings (SSSR count). The number of anilines is 3. The van der Waals surface area contributed by atoms with Crippen molar-refractivity contribution in [2.45, 2.75) is 38.5 Å². The standard InChI is InChI=1S/C58H45N/c1-57(2)50-25-15-13-21-45(50)46-36-35-44(37-52(46)57)59(43-33-31-41(32-34-43)40-29-27-39(28-30-40)38-17-7-5-8-18-38)56-53(42-19-9-6-10-20-42)47-22-11-12-23-48(47)55-54(56)49-24-14-16-26-51(49)58(55,3)4/h5-37H,1-4H3. The van der Waals surface area contributed by atoms with Crippen molar-refractivity contribution < 1.29 is 0 Å². The maximum atomic E-state index is 2.58. The number of hydrogen-bond donors (Lipinski definition) is 0. The average molecular weight is 756 g/mol. The van der Waals surface area contributed by atoms with Crippen molar-refractivity contribution in [3.8, 4) is 55.6 Å². The second-order valence-corrected chi connectivity index (χ2v) is 17.3. The third-order valence-electron chi connectivity index (χ3n) is 13.2. The molecule has 0 saturated carbocycles. The molecule has 2 aliphatic carbocycles. The first kappa shape index (κ1) is 35.2. The second-order valence-electron chi connectivity index (χ2n) is 17.3. The summed E-state index contributed by atoms with van der Waals surface area (Å²) in [5.41, 5.74) is 21.2. The van der Waals surface area contributed by atoms with Crippen molar-refractivity contribution in [1.29, 1.82) is 0 Å². The van der Waals surface area contributed by atoms with Gasteiger partial charge < -0.3 is 4.90 Å². The average Bonchev–Trinajstić information content (AvgIpc) is 3.67. The number of hydrogen-bond acceptors (Lipinski definition) is 1. The Kier molecular flexibility index (Phi) is 7.94. The summed E-state index contributed by atoms with van der Waals surface area (Å²) in [6.45, 7) is 9.58. The largest absolute Gasteiger partial charge is 0.309 e. The zero-order chi connectivity index (χ0) is 39.9. The monoisotopic (exact) mass is 755 g/mol. The predicted octanol–water partition coefficient (Wildman–Crippen LogP) is 15.9. The highest BCUT2D eigenvalue weighted by Gasteiger charge is 2.42. The molecule has 0 radical (unpaired) electrons. The fourth-order valence-corrected chi connectivity index (χ4v) is 10.4. The van der Waals surface area contributed by atoms with Crippen LogP contribution in [-0.4, -0.2) is 0 Å². The third kappa shape index (κ3) is 5.38. The zero-order valence-corrected chi connectivity index (χ0v) is 34.0. The minimum Gasteiger partial charge on any atom is -0.309 e. The first-order chi connectivity index (χ1) is 28.8. The Morgan fingerprint density at radius 2 is 0.780 bits per heavy atom. The Morgan fingerprint density at radius 3 is 1.42 bits per heavy atom. The Hall–Kier alpha value is -6.96. The lowest BCUT2D eigenvalue weighted by atomic mass is 9.78. The third-order valence-corrected chi connectivity index (χ3v) is 13.2. The van der Waals surface area contributed by atoms with Crippen LogP contribution in [-0.2, 0) is 10.8 Å². The minimum absolute atomic E-state index is 0.147. The van der Waals surface area contributed by atoms with Gasteiger partial charge in [-0.15, -0.1) is 0 Å². The van der Waals surface area contributed by atoms with Crippen LogP contribution in [0.3, 0.4) is 0 Å². The van der Waals surface area contributed by atoms with E-state index in [1.807, 2.05) is 0 Å². The summed E-state index contributed by atoms with van der Waals surface area (Å²) in [7, 11) is 0. The van der Waals surface area contributed by atoms with E-state index in [4.69, 9.17) is 0 Å². The summed E-state index contributed by atoms with van der Waals surface area (Å²) in [6.07, 6.45) is 0. The molecule has 0 aromatic heterocycles.